The maximum atomic E-state index is 12.2. The second-order valence-electron chi connectivity index (χ2n) is 4.61. The second-order valence-corrected chi connectivity index (χ2v) is 4.61. The predicted octanol–water partition coefficient (Wildman–Crippen LogP) is 1.65. The van der Waals surface area contributed by atoms with Crippen LogP contribution in [0.5, 0.6) is 5.88 Å². The van der Waals surface area contributed by atoms with Crippen LogP contribution in [0, 0.1) is 13.8 Å². The monoisotopic (exact) mass is 274 g/mol. The summed E-state index contributed by atoms with van der Waals surface area (Å²) < 4.78 is 6.89. The summed E-state index contributed by atoms with van der Waals surface area (Å²) in [4.78, 5) is 20.3. The summed E-state index contributed by atoms with van der Waals surface area (Å²) in [6, 6.07) is 0. The van der Waals surface area contributed by atoms with Gasteiger partial charge in [0.05, 0.1) is 12.8 Å². The number of hydrogen-bond acceptors (Lipinski definition) is 5. The Labute approximate surface area is 117 Å². The van der Waals surface area contributed by atoms with Gasteiger partial charge in [0.15, 0.2) is 11.5 Å². The first-order valence-electron chi connectivity index (χ1n) is 6.41. The molecule has 106 valence electrons. The molecule has 6 heteroatoms. The first-order valence-corrected chi connectivity index (χ1v) is 6.41. The van der Waals surface area contributed by atoms with Crippen LogP contribution in [-0.4, -0.2) is 32.6 Å². The van der Waals surface area contributed by atoms with Crippen molar-refractivity contribution in [1.82, 2.24) is 19.7 Å². The fraction of sp³-hybridized carbons (Fsp3) is 0.429. The summed E-state index contributed by atoms with van der Waals surface area (Å²) in [5, 5.41) is 4.35. The van der Waals surface area contributed by atoms with E-state index in [1.807, 2.05) is 25.6 Å². The topological polar surface area (TPSA) is 69.9 Å². The van der Waals surface area contributed by atoms with Gasteiger partial charge in [-0.3, -0.25) is 9.48 Å². The molecule has 0 saturated heterocycles. The van der Waals surface area contributed by atoms with Gasteiger partial charge in [0.1, 0.15) is 0 Å². The molecule has 0 aliphatic rings. The van der Waals surface area contributed by atoms with Crippen LogP contribution in [0.4, 0.5) is 0 Å². The number of nitrogens with zero attached hydrogens (tertiary/aromatic N) is 4. The molecule has 0 fully saturated rings. The molecule has 20 heavy (non-hydrogen) atoms. The third-order valence-corrected chi connectivity index (χ3v) is 3.38. The summed E-state index contributed by atoms with van der Waals surface area (Å²) in [5.74, 6) is 0.203. The van der Waals surface area contributed by atoms with E-state index in [2.05, 4.69) is 15.1 Å². The zero-order valence-electron chi connectivity index (χ0n) is 12.2. The van der Waals surface area contributed by atoms with Gasteiger partial charge in [0, 0.05) is 31.6 Å². The van der Waals surface area contributed by atoms with Gasteiger partial charge in [0.2, 0.25) is 5.88 Å². The summed E-state index contributed by atoms with van der Waals surface area (Å²) in [6.07, 6.45) is 4.01. The van der Waals surface area contributed by atoms with Crippen LogP contribution in [0.2, 0.25) is 0 Å². The van der Waals surface area contributed by atoms with Gasteiger partial charge in [0.25, 0.3) is 0 Å². The quantitative estimate of drug-likeness (QED) is 0.775. The van der Waals surface area contributed by atoms with Crippen LogP contribution >= 0.6 is 0 Å². The van der Waals surface area contributed by atoms with Crippen LogP contribution in [-0.2, 0) is 13.5 Å². The number of hydrogen-bond donors (Lipinski definition) is 0. The molecule has 0 aliphatic heterocycles. The van der Waals surface area contributed by atoms with E-state index in [9.17, 15) is 4.79 Å². The molecule has 0 unspecified atom stereocenters. The lowest BCUT2D eigenvalue weighted by molar-refractivity contribution is 0.0974. The molecular formula is C14H18N4O2. The van der Waals surface area contributed by atoms with Gasteiger partial charge in [-0.25, -0.2) is 9.97 Å². The minimum Gasteiger partial charge on any atom is -0.479 e. The molecule has 0 N–H and O–H groups in total. The van der Waals surface area contributed by atoms with Gasteiger partial charge in [-0.2, -0.15) is 5.10 Å². The fourth-order valence-electron chi connectivity index (χ4n) is 2.20. The van der Waals surface area contributed by atoms with Crippen LogP contribution in [0.25, 0.3) is 0 Å². The molecule has 0 aromatic carbocycles. The molecule has 2 aromatic rings. The van der Waals surface area contributed by atoms with Crippen molar-refractivity contribution in [2.75, 3.05) is 7.11 Å². The van der Waals surface area contributed by atoms with E-state index >= 15 is 0 Å². The van der Waals surface area contributed by atoms with Gasteiger partial charge < -0.3 is 4.74 Å². The Balaban J connectivity index is 2.13. The lowest BCUT2D eigenvalue weighted by Gasteiger charge is -2.05. The minimum absolute atomic E-state index is 0.0717. The highest BCUT2D eigenvalue weighted by Crippen LogP contribution is 2.18. The predicted molar refractivity (Wildman–Crippen MR) is 73.9 cm³/mol. The van der Waals surface area contributed by atoms with Crippen LogP contribution in [0.15, 0.2) is 12.4 Å². The first-order chi connectivity index (χ1) is 9.54. The Morgan fingerprint density at radius 1 is 1.30 bits per heavy atom. The number of ketones is 1. The molecule has 0 aliphatic carbocycles. The molecule has 2 rings (SSSR count). The maximum Gasteiger partial charge on any atom is 0.243 e. The average Bonchev–Trinajstić information content (AvgIpc) is 2.70. The Morgan fingerprint density at radius 2 is 2.00 bits per heavy atom. The summed E-state index contributed by atoms with van der Waals surface area (Å²) >= 11 is 0. The summed E-state index contributed by atoms with van der Waals surface area (Å²) in [6.45, 7) is 3.96. The number of rotatable bonds is 5. The van der Waals surface area contributed by atoms with E-state index in [0.29, 0.717) is 12.8 Å². The maximum absolute atomic E-state index is 12.2. The third kappa shape index (κ3) is 2.68. The van der Waals surface area contributed by atoms with Crippen LogP contribution < -0.4 is 4.74 Å². The minimum atomic E-state index is -0.0717. The number of carbonyl (C=O) groups excluding carboxylic acids is 1. The summed E-state index contributed by atoms with van der Waals surface area (Å²) in [7, 11) is 3.38. The van der Waals surface area contributed by atoms with Gasteiger partial charge >= 0.3 is 0 Å². The molecular weight excluding hydrogens is 256 g/mol. The molecule has 0 spiro atoms. The zero-order chi connectivity index (χ0) is 14.7. The molecule has 0 radical (unpaired) electrons. The second kappa shape index (κ2) is 5.81. The van der Waals surface area contributed by atoms with Crippen molar-refractivity contribution >= 4 is 5.78 Å². The molecule has 2 heterocycles. The lowest BCUT2D eigenvalue weighted by Crippen LogP contribution is -2.08. The number of aryl methyl sites for hydroxylation is 2. The Kier molecular flexibility index (Phi) is 4.12. The van der Waals surface area contributed by atoms with Crippen molar-refractivity contribution < 1.29 is 9.53 Å². The summed E-state index contributed by atoms with van der Waals surface area (Å²) in [5.41, 5.74) is 3.45. The third-order valence-electron chi connectivity index (χ3n) is 3.38. The highest BCUT2D eigenvalue weighted by Gasteiger charge is 2.17. The smallest absolute Gasteiger partial charge is 0.243 e. The van der Waals surface area contributed by atoms with Gasteiger partial charge in [-0.1, -0.05) is 0 Å². The largest absolute Gasteiger partial charge is 0.479 e. The Bertz CT molecular complexity index is 634. The van der Waals surface area contributed by atoms with Gasteiger partial charge in [-0.05, 0) is 25.8 Å². The Hall–Kier alpha value is -2.24. The number of Topliss-reactive ketones (excluding diaryl/α,β-unsaturated/α-hetero) is 1. The number of carbonyl (C=O) groups is 1. The van der Waals surface area contributed by atoms with E-state index in [1.54, 1.807) is 0 Å². The fourth-order valence-corrected chi connectivity index (χ4v) is 2.20. The lowest BCUT2D eigenvalue weighted by atomic mass is 10.0. The van der Waals surface area contributed by atoms with Crippen molar-refractivity contribution in [3.8, 4) is 5.88 Å². The Morgan fingerprint density at radius 3 is 2.60 bits per heavy atom. The van der Waals surface area contributed by atoms with Crippen molar-refractivity contribution in [3.05, 3.63) is 35.0 Å². The van der Waals surface area contributed by atoms with Crippen LogP contribution in [0.1, 0.15) is 33.9 Å². The van der Waals surface area contributed by atoms with Crippen molar-refractivity contribution in [2.45, 2.75) is 26.7 Å². The molecule has 0 amide bonds. The normalized spacial score (nSPS) is 10.6. The van der Waals surface area contributed by atoms with E-state index in [4.69, 9.17) is 4.74 Å². The van der Waals surface area contributed by atoms with Crippen molar-refractivity contribution in [3.63, 3.8) is 0 Å². The van der Waals surface area contributed by atoms with Gasteiger partial charge in [-0.15, -0.1) is 0 Å². The highest BCUT2D eigenvalue weighted by atomic mass is 16.5. The zero-order valence-corrected chi connectivity index (χ0v) is 12.2. The van der Waals surface area contributed by atoms with E-state index in [0.717, 1.165) is 17.0 Å². The van der Waals surface area contributed by atoms with E-state index in [1.165, 1.54) is 19.5 Å². The van der Waals surface area contributed by atoms with Crippen LogP contribution in [0.3, 0.4) is 0 Å². The molecule has 6 nitrogen and oxygen atoms in total. The molecule has 0 saturated carbocycles. The van der Waals surface area contributed by atoms with E-state index in [-0.39, 0.29) is 17.4 Å². The molecule has 2 aromatic heterocycles. The number of aromatic nitrogens is 4. The SMILES string of the molecule is COc1nccnc1C(=O)CCc1c(C)nn(C)c1C. The average molecular weight is 274 g/mol. The highest BCUT2D eigenvalue weighted by molar-refractivity contribution is 5.96. The number of ether oxygens (including phenoxy) is 1. The molecule has 0 bridgehead atoms. The number of methoxy groups -OCH3 is 1. The first kappa shape index (κ1) is 14.2. The van der Waals surface area contributed by atoms with Crippen molar-refractivity contribution in [2.24, 2.45) is 7.05 Å². The van der Waals surface area contributed by atoms with Crippen molar-refractivity contribution in [1.29, 1.82) is 0 Å². The standard InChI is InChI=1S/C14H18N4O2/c1-9-11(10(2)18(3)17-9)5-6-12(19)13-14(20-4)16-8-7-15-13/h7-8H,5-6H2,1-4H3. The molecule has 0 atom stereocenters. The van der Waals surface area contributed by atoms with E-state index < -0.39 is 0 Å².